The highest BCUT2D eigenvalue weighted by molar-refractivity contribution is 6.30. The molecule has 6 heteroatoms. The van der Waals surface area contributed by atoms with Crippen molar-refractivity contribution in [1.29, 1.82) is 0 Å². The molecule has 110 valence electrons. The van der Waals surface area contributed by atoms with Gasteiger partial charge in [-0.2, -0.15) is 13.9 Å². The highest BCUT2D eigenvalue weighted by Gasteiger charge is 2.04. The van der Waals surface area contributed by atoms with Gasteiger partial charge in [0.2, 0.25) is 0 Å². The van der Waals surface area contributed by atoms with Crippen molar-refractivity contribution in [3.05, 3.63) is 59.1 Å². The molecule has 0 aliphatic heterocycles. The first-order valence-corrected chi connectivity index (χ1v) is 6.53. The van der Waals surface area contributed by atoms with Crippen LogP contribution in [0.5, 0.6) is 5.75 Å². The molecule has 0 spiro atoms. The Morgan fingerprint density at radius 3 is 2.29 bits per heavy atom. The van der Waals surface area contributed by atoms with E-state index in [0.717, 1.165) is 11.3 Å². The third kappa shape index (κ3) is 4.72. The summed E-state index contributed by atoms with van der Waals surface area (Å²) in [7, 11) is 0. The summed E-state index contributed by atoms with van der Waals surface area (Å²) < 4.78 is 28.4. The molecule has 0 aliphatic carbocycles. The Bertz CT molecular complexity index is 613. The zero-order valence-corrected chi connectivity index (χ0v) is 11.9. The maximum absolute atomic E-state index is 12.1. The van der Waals surface area contributed by atoms with Crippen LogP contribution in [0.1, 0.15) is 12.5 Å². The minimum atomic E-state index is -2.82. The fraction of sp³-hybridized carbons (Fsp3) is 0.133. The van der Waals surface area contributed by atoms with Crippen molar-refractivity contribution >= 4 is 23.0 Å². The van der Waals surface area contributed by atoms with E-state index < -0.39 is 6.61 Å². The molecule has 0 heterocycles. The van der Waals surface area contributed by atoms with Crippen LogP contribution in [0.25, 0.3) is 0 Å². The number of nitrogens with zero attached hydrogens (tertiary/aromatic N) is 1. The molecule has 0 fully saturated rings. The van der Waals surface area contributed by atoms with Crippen molar-refractivity contribution in [3.8, 4) is 5.75 Å². The molecular weight excluding hydrogens is 298 g/mol. The molecule has 0 amide bonds. The lowest BCUT2D eigenvalue weighted by molar-refractivity contribution is -0.0498. The standard InChI is InChI=1S/C15H13ClF2N2O/c1-10(19-20-13-6-4-12(16)5-7-13)11-2-8-14(9-3-11)21-15(17)18/h2-9,15,20H,1H3/b19-10-. The van der Waals surface area contributed by atoms with Crippen LogP contribution in [0.2, 0.25) is 5.02 Å². The molecule has 0 saturated carbocycles. The van der Waals surface area contributed by atoms with Gasteiger partial charge in [-0.25, -0.2) is 0 Å². The molecule has 0 unspecified atom stereocenters. The van der Waals surface area contributed by atoms with Gasteiger partial charge in [-0.15, -0.1) is 0 Å². The Morgan fingerprint density at radius 2 is 1.71 bits per heavy atom. The molecular formula is C15H13ClF2N2O. The Labute approximate surface area is 126 Å². The largest absolute Gasteiger partial charge is 0.435 e. The van der Waals surface area contributed by atoms with E-state index in [1.165, 1.54) is 12.1 Å². The predicted molar refractivity (Wildman–Crippen MR) is 80.4 cm³/mol. The van der Waals surface area contributed by atoms with Crippen molar-refractivity contribution in [1.82, 2.24) is 0 Å². The number of hydrogen-bond acceptors (Lipinski definition) is 3. The van der Waals surface area contributed by atoms with Crippen molar-refractivity contribution in [2.24, 2.45) is 5.10 Å². The number of anilines is 1. The van der Waals surface area contributed by atoms with E-state index in [1.807, 2.05) is 6.92 Å². The maximum atomic E-state index is 12.1. The maximum Gasteiger partial charge on any atom is 0.387 e. The van der Waals surface area contributed by atoms with Crippen molar-refractivity contribution in [3.63, 3.8) is 0 Å². The van der Waals surface area contributed by atoms with Gasteiger partial charge in [-0.3, -0.25) is 5.43 Å². The highest BCUT2D eigenvalue weighted by Crippen LogP contribution is 2.16. The number of benzene rings is 2. The molecule has 3 nitrogen and oxygen atoms in total. The molecule has 0 saturated heterocycles. The second-order valence-corrected chi connectivity index (χ2v) is 4.66. The van der Waals surface area contributed by atoms with E-state index in [9.17, 15) is 8.78 Å². The van der Waals surface area contributed by atoms with Crippen LogP contribution < -0.4 is 10.2 Å². The van der Waals surface area contributed by atoms with Gasteiger partial charge in [0.25, 0.3) is 0 Å². The van der Waals surface area contributed by atoms with Gasteiger partial charge in [0.1, 0.15) is 5.75 Å². The Hall–Kier alpha value is -2.14. The minimum Gasteiger partial charge on any atom is -0.435 e. The molecule has 21 heavy (non-hydrogen) atoms. The van der Waals surface area contributed by atoms with Crippen LogP contribution in [0.15, 0.2) is 53.6 Å². The number of rotatable bonds is 5. The first-order valence-electron chi connectivity index (χ1n) is 6.16. The molecule has 2 aromatic rings. The SMILES string of the molecule is C/C(=N/Nc1ccc(Cl)cc1)c1ccc(OC(F)F)cc1. The second kappa shape index (κ2) is 7.04. The van der Waals surface area contributed by atoms with Gasteiger partial charge in [-0.1, -0.05) is 11.6 Å². The molecule has 0 aliphatic rings. The molecule has 2 rings (SSSR count). The van der Waals surface area contributed by atoms with E-state index in [1.54, 1.807) is 36.4 Å². The van der Waals surface area contributed by atoms with Gasteiger partial charge < -0.3 is 4.74 Å². The minimum absolute atomic E-state index is 0.118. The first kappa shape index (κ1) is 15.3. The summed E-state index contributed by atoms with van der Waals surface area (Å²) in [6.07, 6.45) is 0. The monoisotopic (exact) mass is 310 g/mol. The second-order valence-electron chi connectivity index (χ2n) is 4.22. The third-order valence-corrected chi connectivity index (χ3v) is 2.95. The Morgan fingerprint density at radius 1 is 1.10 bits per heavy atom. The van der Waals surface area contributed by atoms with E-state index in [-0.39, 0.29) is 5.75 Å². The number of hydrogen-bond donors (Lipinski definition) is 1. The molecule has 0 atom stereocenters. The van der Waals surface area contributed by atoms with Crippen molar-refractivity contribution < 1.29 is 13.5 Å². The molecule has 0 bridgehead atoms. The third-order valence-electron chi connectivity index (χ3n) is 2.69. The zero-order valence-electron chi connectivity index (χ0n) is 11.2. The quantitative estimate of drug-likeness (QED) is 0.637. The normalized spacial score (nSPS) is 11.6. The topological polar surface area (TPSA) is 33.6 Å². The van der Waals surface area contributed by atoms with E-state index in [2.05, 4.69) is 15.3 Å². The van der Waals surface area contributed by atoms with Crippen LogP contribution in [-0.2, 0) is 0 Å². The summed E-state index contributed by atoms with van der Waals surface area (Å²) in [5.41, 5.74) is 5.22. The summed E-state index contributed by atoms with van der Waals surface area (Å²) in [4.78, 5) is 0. The lowest BCUT2D eigenvalue weighted by Crippen LogP contribution is -2.03. The van der Waals surface area contributed by atoms with Gasteiger partial charge in [0.15, 0.2) is 0 Å². The molecule has 1 N–H and O–H groups in total. The fourth-order valence-corrected chi connectivity index (χ4v) is 1.74. The van der Waals surface area contributed by atoms with E-state index >= 15 is 0 Å². The van der Waals surface area contributed by atoms with Crippen molar-refractivity contribution in [2.45, 2.75) is 13.5 Å². The number of hydrazone groups is 1. The number of nitrogens with one attached hydrogen (secondary N) is 1. The lowest BCUT2D eigenvalue weighted by atomic mass is 10.1. The van der Waals surface area contributed by atoms with Gasteiger partial charge in [0, 0.05) is 5.02 Å². The van der Waals surface area contributed by atoms with Crippen LogP contribution >= 0.6 is 11.6 Å². The summed E-state index contributed by atoms with van der Waals surface area (Å²) in [5.74, 6) is 0.118. The summed E-state index contributed by atoms with van der Waals surface area (Å²) in [5, 5.41) is 4.87. The Kier molecular flexibility index (Phi) is 5.11. The van der Waals surface area contributed by atoms with Gasteiger partial charge in [0.05, 0.1) is 11.4 Å². The molecule has 0 radical (unpaired) electrons. The molecule has 0 aromatic heterocycles. The lowest BCUT2D eigenvalue weighted by Gasteiger charge is -2.06. The Balaban J connectivity index is 2.03. The van der Waals surface area contributed by atoms with Gasteiger partial charge in [-0.05, 0) is 61.0 Å². The smallest absolute Gasteiger partial charge is 0.387 e. The average Bonchev–Trinajstić information content (AvgIpc) is 2.46. The molecule has 2 aromatic carbocycles. The average molecular weight is 311 g/mol. The van der Waals surface area contributed by atoms with E-state index in [0.29, 0.717) is 10.7 Å². The van der Waals surface area contributed by atoms with Crippen LogP contribution in [-0.4, -0.2) is 12.3 Å². The number of alkyl halides is 2. The van der Waals surface area contributed by atoms with Crippen LogP contribution in [0.4, 0.5) is 14.5 Å². The van der Waals surface area contributed by atoms with Gasteiger partial charge >= 0.3 is 6.61 Å². The number of ether oxygens (including phenoxy) is 1. The van der Waals surface area contributed by atoms with Crippen LogP contribution in [0, 0.1) is 0 Å². The summed E-state index contributed by atoms with van der Waals surface area (Å²) >= 11 is 5.79. The fourth-order valence-electron chi connectivity index (χ4n) is 1.61. The first-order chi connectivity index (χ1) is 10.0. The number of halogens is 3. The summed E-state index contributed by atoms with van der Waals surface area (Å²) in [6, 6.07) is 13.4. The zero-order chi connectivity index (χ0) is 15.2. The van der Waals surface area contributed by atoms with Crippen LogP contribution in [0.3, 0.4) is 0 Å². The van der Waals surface area contributed by atoms with E-state index in [4.69, 9.17) is 11.6 Å². The van der Waals surface area contributed by atoms with Crippen molar-refractivity contribution in [2.75, 3.05) is 5.43 Å². The highest BCUT2D eigenvalue weighted by atomic mass is 35.5. The summed E-state index contributed by atoms with van der Waals surface area (Å²) in [6.45, 7) is -1.01. The predicted octanol–water partition coefficient (Wildman–Crippen LogP) is 4.78.